The number of hydrogen-bond acceptors (Lipinski definition) is 4. The molecule has 0 fully saturated rings. The van der Waals surface area contributed by atoms with Gasteiger partial charge >= 0.3 is 5.97 Å². The molecule has 1 aromatic rings. The van der Waals surface area contributed by atoms with Crippen molar-refractivity contribution in [1.29, 1.82) is 0 Å². The van der Waals surface area contributed by atoms with Gasteiger partial charge in [-0.05, 0) is 24.6 Å². The Hall–Kier alpha value is -1.69. The minimum atomic E-state index is -2.89. The number of halogens is 2. The summed E-state index contributed by atoms with van der Waals surface area (Å²) in [6.07, 6.45) is -4.67. The number of alkyl halides is 2. The van der Waals surface area contributed by atoms with Gasteiger partial charge in [0.1, 0.15) is 5.75 Å². The predicted molar refractivity (Wildman–Crippen MR) is 54.8 cm³/mol. The second kappa shape index (κ2) is 5.09. The molecule has 0 aromatic heterocycles. The summed E-state index contributed by atoms with van der Waals surface area (Å²) in [4.78, 5) is 11.1. The first-order valence-corrected chi connectivity index (χ1v) is 4.76. The summed E-state index contributed by atoms with van der Waals surface area (Å²) in [5.41, 5.74) is -0.508. The molecule has 0 aliphatic heterocycles. The minimum absolute atomic E-state index is 0.285. The Morgan fingerprint density at radius 3 is 2.35 bits per heavy atom. The van der Waals surface area contributed by atoms with E-state index < -0.39 is 29.8 Å². The lowest BCUT2D eigenvalue weighted by Gasteiger charge is -2.14. The number of aryl methyl sites for hydroxylation is 1. The highest BCUT2D eigenvalue weighted by molar-refractivity contribution is 5.77. The van der Waals surface area contributed by atoms with Crippen LogP contribution in [0.25, 0.3) is 0 Å². The normalized spacial score (nSPS) is 12.6. The van der Waals surface area contributed by atoms with Gasteiger partial charge in [0, 0.05) is 5.56 Å². The fourth-order valence-electron chi connectivity index (χ4n) is 1.45. The third-order valence-electron chi connectivity index (χ3n) is 2.27. The molecule has 0 heterocycles. The van der Waals surface area contributed by atoms with Gasteiger partial charge in [-0.2, -0.15) is 0 Å². The number of hydrogen-bond donors (Lipinski definition) is 2. The average Bonchev–Trinajstić information content (AvgIpc) is 2.29. The summed E-state index contributed by atoms with van der Waals surface area (Å²) in [7, 11) is 1.05. The topological polar surface area (TPSA) is 66.8 Å². The van der Waals surface area contributed by atoms with E-state index in [9.17, 15) is 23.8 Å². The van der Waals surface area contributed by atoms with Crippen molar-refractivity contribution >= 4 is 5.97 Å². The first-order valence-electron chi connectivity index (χ1n) is 4.76. The van der Waals surface area contributed by atoms with E-state index in [1.165, 1.54) is 13.0 Å². The van der Waals surface area contributed by atoms with Crippen molar-refractivity contribution < 1.29 is 28.5 Å². The van der Waals surface area contributed by atoms with E-state index in [0.29, 0.717) is 5.56 Å². The van der Waals surface area contributed by atoms with E-state index in [0.717, 1.165) is 13.2 Å². The van der Waals surface area contributed by atoms with Crippen LogP contribution in [0.5, 0.6) is 5.75 Å². The van der Waals surface area contributed by atoms with Crippen LogP contribution < -0.4 is 0 Å². The van der Waals surface area contributed by atoms with E-state index in [2.05, 4.69) is 4.74 Å². The average molecular weight is 246 g/mol. The van der Waals surface area contributed by atoms with Crippen LogP contribution in [0.4, 0.5) is 8.78 Å². The summed E-state index contributed by atoms with van der Waals surface area (Å²) in [6.45, 7) is 1.51. The third kappa shape index (κ3) is 2.71. The van der Waals surface area contributed by atoms with E-state index in [-0.39, 0.29) is 5.56 Å². The van der Waals surface area contributed by atoms with Gasteiger partial charge in [0.05, 0.1) is 12.7 Å². The van der Waals surface area contributed by atoms with Crippen molar-refractivity contribution in [1.82, 2.24) is 0 Å². The molecule has 0 spiro atoms. The quantitative estimate of drug-likeness (QED) is 0.799. The number of phenols is 1. The van der Waals surface area contributed by atoms with Crippen molar-refractivity contribution in [3.05, 3.63) is 28.8 Å². The number of aromatic hydroxyl groups is 1. The predicted octanol–water partition coefficient (Wildman–Crippen LogP) is 1.84. The molecule has 1 rings (SSSR count). The summed E-state index contributed by atoms with van der Waals surface area (Å²) in [5, 5.41) is 19.1. The van der Waals surface area contributed by atoms with Gasteiger partial charge in [-0.15, -0.1) is 0 Å². The molecule has 17 heavy (non-hydrogen) atoms. The Morgan fingerprint density at radius 2 is 1.88 bits per heavy atom. The standard InChI is InChI=1S/C11H12F2O4/c1-5-3-6(9(15)11(16)17-2)8(14)7(4-5)10(12)13/h3-4,9-10,14-15H,1-2H3. The smallest absolute Gasteiger partial charge is 0.339 e. The molecular weight excluding hydrogens is 234 g/mol. The molecule has 0 bridgehead atoms. The number of aliphatic hydroxyl groups excluding tert-OH is 1. The molecule has 2 N–H and O–H groups in total. The summed E-state index contributed by atoms with van der Waals surface area (Å²) in [5.74, 6) is -1.81. The largest absolute Gasteiger partial charge is 0.507 e. The molecule has 0 amide bonds. The van der Waals surface area contributed by atoms with Crippen molar-refractivity contribution in [2.24, 2.45) is 0 Å². The highest BCUT2D eigenvalue weighted by Crippen LogP contribution is 2.35. The van der Waals surface area contributed by atoms with Gasteiger partial charge in [-0.25, -0.2) is 13.6 Å². The summed E-state index contributed by atoms with van der Waals surface area (Å²) < 4.78 is 29.4. The molecule has 0 saturated carbocycles. The zero-order valence-corrected chi connectivity index (χ0v) is 9.28. The molecule has 1 unspecified atom stereocenters. The van der Waals surface area contributed by atoms with Crippen LogP contribution in [0.3, 0.4) is 0 Å². The molecule has 1 aromatic carbocycles. The molecular formula is C11H12F2O4. The van der Waals surface area contributed by atoms with Crippen LogP contribution in [0.1, 0.15) is 29.2 Å². The van der Waals surface area contributed by atoms with Gasteiger partial charge in [0.25, 0.3) is 6.43 Å². The van der Waals surface area contributed by atoms with E-state index in [1.54, 1.807) is 0 Å². The number of carbonyl (C=O) groups is 1. The zero-order chi connectivity index (χ0) is 13.2. The summed E-state index contributed by atoms with van der Waals surface area (Å²) >= 11 is 0. The first-order chi connectivity index (χ1) is 7.88. The second-order valence-electron chi connectivity index (χ2n) is 3.52. The van der Waals surface area contributed by atoms with Crippen molar-refractivity contribution in [2.45, 2.75) is 19.5 Å². The van der Waals surface area contributed by atoms with E-state index in [1.807, 2.05) is 0 Å². The fourth-order valence-corrected chi connectivity index (χ4v) is 1.45. The van der Waals surface area contributed by atoms with Gasteiger partial charge in [-0.3, -0.25) is 0 Å². The van der Waals surface area contributed by atoms with Crippen LogP contribution in [0.15, 0.2) is 12.1 Å². The van der Waals surface area contributed by atoms with E-state index in [4.69, 9.17) is 0 Å². The monoisotopic (exact) mass is 246 g/mol. The van der Waals surface area contributed by atoms with Crippen LogP contribution in [0, 0.1) is 6.92 Å². The molecule has 0 aliphatic carbocycles. The number of carbonyl (C=O) groups excluding carboxylic acids is 1. The Kier molecular flexibility index (Phi) is 4.01. The van der Waals surface area contributed by atoms with Gasteiger partial charge in [-0.1, -0.05) is 0 Å². The number of rotatable bonds is 3. The number of esters is 1. The number of aliphatic hydroxyl groups is 1. The Bertz CT molecular complexity index is 432. The van der Waals surface area contributed by atoms with Crippen molar-refractivity contribution in [3.63, 3.8) is 0 Å². The molecule has 4 nitrogen and oxygen atoms in total. The van der Waals surface area contributed by atoms with Crippen LogP contribution in [-0.4, -0.2) is 23.3 Å². The van der Waals surface area contributed by atoms with Crippen LogP contribution in [-0.2, 0) is 9.53 Å². The molecule has 0 saturated heterocycles. The number of ether oxygens (including phenoxy) is 1. The molecule has 1 atom stereocenters. The Labute approximate surface area is 96.5 Å². The fraction of sp³-hybridized carbons (Fsp3) is 0.364. The molecule has 0 radical (unpaired) electrons. The molecule has 0 aliphatic rings. The summed E-state index contributed by atoms with van der Waals surface area (Å²) in [6, 6.07) is 2.34. The molecule has 6 heteroatoms. The van der Waals surface area contributed by atoms with Gasteiger partial charge < -0.3 is 14.9 Å². The van der Waals surface area contributed by atoms with Crippen molar-refractivity contribution in [2.75, 3.05) is 7.11 Å². The SMILES string of the molecule is COC(=O)C(O)c1cc(C)cc(C(F)F)c1O. The number of phenolic OH excluding ortho intramolecular Hbond substituents is 1. The van der Waals surface area contributed by atoms with Gasteiger partial charge in [0.15, 0.2) is 6.10 Å². The number of methoxy groups -OCH3 is 1. The zero-order valence-electron chi connectivity index (χ0n) is 9.28. The Balaban J connectivity index is 3.29. The van der Waals surface area contributed by atoms with E-state index >= 15 is 0 Å². The highest BCUT2D eigenvalue weighted by Gasteiger charge is 2.25. The van der Waals surface area contributed by atoms with Gasteiger partial charge in [0.2, 0.25) is 0 Å². The lowest BCUT2D eigenvalue weighted by Crippen LogP contribution is -2.14. The van der Waals surface area contributed by atoms with Crippen LogP contribution in [0.2, 0.25) is 0 Å². The first kappa shape index (κ1) is 13.4. The number of benzene rings is 1. The lowest BCUT2D eigenvalue weighted by atomic mass is 10.0. The van der Waals surface area contributed by atoms with Crippen molar-refractivity contribution in [3.8, 4) is 5.75 Å². The van der Waals surface area contributed by atoms with Crippen LogP contribution >= 0.6 is 0 Å². The highest BCUT2D eigenvalue weighted by atomic mass is 19.3. The molecule has 94 valence electrons. The minimum Gasteiger partial charge on any atom is -0.507 e. The maximum Gasteiger partial charge on any atom is 0.339 e. The third-order valence-corrected chi connectivity index (χ3v) is 2.27. The Morgan fingerprint density at radius 1 is 1.35 bits per heavy atom. The maximum absolute atomic E-state index is 12.6. The second-order valence-corrected chi connectivity index (χ2v) is 3.52. The lowest BCUT2D eigenvalue weighted by molar-refractivity contribution is -0.150. The maximum atomic E-state index is 12.6.